The molecule has 1 unspecified atom stereocenters. The highest BCUT2D eigenvalue weighted by Gasteiger charge is 2.12. The highest BCUT2D eigenvalue weighted by Crippen LogP contribution is 2.30. The lowest BCUT2D eigenvalue weighted by Gasteiger charge is -2.18. The van der Waals surface area contributed by atoms with Crippen LogP contribution >= 0.6 is 12.6 Å². The summed E-state index contributed by atoms with van der Waals surface area (Å²) in [6.45, 7) is 4.52. The third-order valence-electron chi connectivity index (χ3n) is 2.92. The van der Waals surface area contributed by atoms with Crippen LogP contribution in [0.1, 0.15) is 57.4 Å². The van der Waals surface area contributed by atoms with Gasteiger partial charge in [-0.25, -0.2) is 0 Å². The summed E-state index contributed by atoms with van der Waals surface area (Å²) in [7, 11) is 0. The van der Waals surface area contributed by atoms with Gasteiger partial charge in [-0.05, 0) is 30.4 Å². The highest BCUT2D eigenvalue weighted by atomic mass is 32.1. The molecule has 0 fully saturated rings. The van der Waals surface area contributed by atoms with E-state index in [0.717, 1.165) is 4.90 Å². The van der Waals surface area contributed by atoms with Crippen molar-refractivity contribution in [3.63, 3.8) is 0 Å². The number of hydrogen-bond donors (Lipinski definition) is 1. The summed E-state index contributed by atoms with van der Waals surface area (Å²) in [5.74, 6) is 0.712. The molecule has 0 aromatic heterocycles. The van der Waals surface area contributed by atoms with Crippen LogP contribution in [0.5, 0.6) is 0 Å². The molecule has 0 aliphatic carbocycles. The Labute approximate surface area is 99.5 Å². The predicted molar refractivity (Wildman–Crippen MR) is 70.9 cm³/mol. The summed E-state index contributed by atoms with van der Waals surface area (Å²) in [5, 5.41) is 0. The Morgan fingerprint density at radius 2 is 1.80 bits per heavy atom. The van der Waals surface area contributed by atoms with Crippen molar-refractivity contribution in [3.05, 3.63) is 29.8 Å². The van der Waals surface area contributed by atoms with Crippen LogP contribution in [0.3, 0.4) is 0 Å². The van der Waals surface area contributed by atoms with Gasteiger partial charge < -0.3 is 0 Å². The third kappa shape index (κ3) is 3.90. The zero-order valence-electron chi connectivity index (χ0n) is 9.87. The molecule has 0 heterocycles. The average Bonchev–Trinajstić information content (AvgIpc) is 2.25. The Morgan fingerprint density at radius 3 is 2.40 bits per heavy atom. The second kappa shape index (κ2) is 6.95. The first-order chi connectivity index (χ1) is 7.29. The normalized spacial score (nSPS) is 12.7. The predicted octanol–water partition coefficient (Wildman–Crippen LogP) is 5.05. The SMILES string of the molecule is CCCCC(CCC)c1ccccc1S. The fraction of sp³-hybridized carbons (Fsp3) is 0.571. The van der Waals surface area contributed by atoms with E-state index < -0.39 is 0 Å². The fourth-order valence-corrected chi connectivity index (χ4v) is 2.43. The van der Waals surface area contributed by atoms with E-state index in [1.807, 2.05) is 0 Å². The number of benzene rings is 1. The molecule has 84 valence electrons. The topological polar surface area (TPSA) is 0 Å². The minimum absolute atomic E-state index is 0.712. The standard InChI is InChI=1S/C14H22S/c1-3-5-9-12(8-4-2)13-10-6-7-11-14(13)15/h6-7,10-12,15H,3-5,8-9H2,1-2H3. The van der Waals surface area contributed by atoms with Crippen LogP contribution in [0, 0.1) is 0 Å². The Kier molecular flexibility index (Phi) is 5.85. The Morgan fingerprint density at radius 1 is 1.07 bits per heavy atom. The van der Waals surface area contributed by atoms with E-state index in [4.69, 9.17) is 0 Å². The molecular weight excluding hydrogens is 200 g/mol. The van der Waals surface area contributed by atoms with Crippen LogP contribution in [0.15, 0.2) is 29.2 Å². The van der Waals surface area contributed by atoms with Crippen molar-refractivity contribution in [2.45, 2.75) is 56.8 Å². The maximum absolute atomic E-state index is 4.55. The lowest BCUT2D eigenvalue weighted by Crippen LogP contribution is -1.99. The van der Waals surface area contributed by atoms with Crippen LogP contribution in [0.4, 0.5) is 0 Å². The van der Waals surface area contributed by atoms with Gasteiger partial charge in [-0.15, -0.1) is 12.6 Å². The first-order valence-corrected chi connectivity index (χ1v) is 6.52. The van der Waals surface area contributed by atoms with E-state index in [1.54, 1.807) is 0 Å². The van der Waals surface area contributed by atoms with E-state index in [1.165, 1.54) is 37.7 Å². The van der Waals surface area contributed by atoms with Gasteiger partial charge in [0.1, 0.15) is 0 Å². The van der Waals surface area contributed by atoms with Gasteiger partial charge in [-0.3, -0.25) is 0 Å². The van der Waals surface area contributed by atoms with E-state index in [9.17, 15) is 0 Å². The third-order valence-corrected chi connectivity index (χ3v) is 3.33. The molecular formula is C14H22S. The average molecular weight is 222 g/mol. The van der Waals surface area contributed by atoms with Crippen molar-refractivity contribution in [3.8, 4) is 0 Å². The van der Waals surface area contributed by atoms with Crippen molar-refractivity contribution in [2.75, 3.05) is 0 Å². The monoisotopic (exact) mass is 222 g/mol. The Bertz CT molecular complexity index is 280. The van der Waals surface area contributed by atoms with Gasteiger partial charge in [-0.2, -0.15) is 0 Å². The molecule has 0 saturated carbocycles. The van der Waals surface area contributed by atoms with Gasteiger partial charge in [0.05, 0.1) is 0 Å². The van der Waals surface area contributed by atoms with Crippen LogP contribution in [0.25, 0.3) is 0 Å². The lowest BCUT2D eigenvalue weighted by molar-refractivity contribution is 0.535. The van der Waals surface area contributed by atoms with Gasteiger partial charge in [0.2, 0.25) is 0 Å². The molecule has 1 aromatic rings. The van der Waals surface area contributed by atoms with Gasteiger partial charge in [0, 0.05) is 4.90 Å². The van der Waals surface area contributed by atoms with Crippen molar-refractivity contribution in [1.82, 2.24) is 0 Å². The summed E-state index contributed by atoms with van der Waals surface area (Å²) in [6.07, 6.45) is 6.47. The summed E-state index contributed by atoms with van der Waals surface area (Å²) in [6, 6.07) is 8.53. The molecule has 0 radical (unpaired) electrons. The number of rotatable bonds is 6. The van der Waals surface area contributed by atoms with E-state index in [2.05, 4.69) is 50.7 Å². The highest BCUT2D eigenvalue weighted by molar-refractivity contribution is 7.80. The molecule has 1 atom stereocenters. The second-order valence-electron chi connectivity index (χ2n) is 4.19. The molecule has 0 nitrogen and oxygen atoms in total. The number of unbranched alkanes of at least 4 members (excludes halogenated alkanes) is 1. The van der Waals surface area contributed by atoms with E-state index in [0.29, 0.717) is 5.92 Å². The quantitative estimate of drug-likeness (QED) is 0.640. The summed E-state index contributed by atoms with van der Waals surface area (Å²) in [5.41, 5.74) is 1.44. The first kappa shape index (κ1) is 12.6. The van der Waals surface area contributed by atoms with Gasteiger partial charge in [0.15, 0.2) is 0 Å². The molecule has 1 heteroatoms. The van der Waals surface area contributed by atoms with Crippen molar-refractivity contribution in [1.29, 1.82) is 0 Å². The minimum atomic E-state index is 0.712. The van der Waals surface area contributed by atoms with E-state index >= 15 is 0 Å². The Hall–Kier alpha value is -0.430. The van der Waals surface area contributed by atoms with Crippen molar-refractivity contribution < 1.29 is 0 Å². The molecule has 0 aliphatic heterocycles. The van der Waals surface area contributed by atoms with Crippen LogP contribution in [-0.2, 0) is 0 Å². The molecule has 15 heavy (non-hydrogen) atoms. The summed E-state index contributed by atoms with van der Waals surface area (Å²) >= 11 is 4.55. The molecule has 0 saturated heterocycles. The second-order valence-corrected chi connectivity index (χ2v) is 4.67. The van der Waals surface area contributed by atoms with Gasteiger partial charge >= 0.3 is 0 Å². The lowest BCUT2D eigenvalue weighted by atomic mass is 9.90. The first-order valence-electron chi connectivity index (χ1n) is 6.07. The number of hydrogen-bond acceptors (Lipinski definition) is 1. The molecule has 0 N–H and O–H groups in total. The van der Waals surface area contributed by atoms with Crippen LogP contribution in [-0.4, -0.2) is 0 Å². The minimum Gasteiger partial charge on any atom is -0.143 e. The molecule has 1 aromatic carbocycles. The zero-order chi connectivity index (χ0) is 11.1. The van der Waals surface area contributed by atoms with Crippen LogP contribution in [0.2, 0.25) is 0 Å². The molecule has 0 spiro atoms. The van der Waals surface area contributed by atoms with Crippen molar-refractivity contribution >= 4 is 12.6 Å². The van der Waals surface area contributed by atoms with Crippen LogP contribution < -0.4 is 0 Å². The van der Waals surface area contributed by atoms with Crippen molar-refractivity contribution in [2.24, 2.45) is 0 Å². The van der Waals surface area contributed by atoms with E-state index in [-0.39, 0.29) is 0 Å². The fourth-order valence-electron chi connectivity index (χ4n) is 2.09. The maximum Gasteiger partial charge on any atom is 0.00748 e. The number of thiol groups is 1. The Balaban J connectivity index is 2.74. The zero-order valence-corrected chi connectivity index (χ0v) is 10.8. The maximum atomic E-state index is 4.55. The summed E-state index contributed by atoms with van der Waals surface area (Å²) < 4.78 is 0. The summed E-state index contributed by atoms with van der Waals surface area (Å²) in [4.78, 5) is 1.16. The molecule has 1 rings (SSSR count). The molecule has 0 amide bonds. The van der Waals surface area contributed by atoms with Gasteiger partial charge in [-0.1, -0.05) is 51.3 Å². The van der Waals surface area contributed by atoms with Gasteiger partial charge in [0.25, 0.3) is 0 Å². The molecule has 0 bridgehead atoms. The molecule has 0 aliphatic rings. The largest absolute Gasteiger partial charge is 0.143 e. The smallest absolute Gasteiger partial charge is 0.00748 e.